The second-order valence-electron chi connectivity index (χ2n) is 3.07. The number of rotatable bonds is 2. The van der Waals surface area contributed by atoms with E-state index in [-0.39, 0.29) is 17.1 Å². The van der Waals surface area contributed by atoms with Gasteiger partial charge in [-0.15, -0.1) is 11.3 Å². The molecule has 0 fully saturated rings. The Morgan fingerprint density at radius 1 is 1.33 bits per heavy atom. The molecular weight excluding hydrogens is 364 g/mol. The van der Waals surface area contributed by atoms with Crippen LogP contribution in [0.25, 0.3) is 10.2 Å². The highest BCUT2D eigenvalue weighted by atomic mass is 79.9. The first-order chi connectivity index (χ1) is 10.0. The molecule has 0 saturated heterocycles. The molecule has 118 valence electrons. The monoisotopic (exact) mass is 381 g/mol. The molecule has 0 spiro atoms. The molecule has 0 atom stereocenters. The van der Waals surface area contributed by atoms with Crippen molar-refractivity contribution in [3.8, 4) is 0 Å². The van der Waals surface area contributed by atoms with Crippen LogP contribution in [0.4, 0.5) is 8.78 Å². The summed E-state index contributed by atoms with van der Waals surface area (Å²) in [6, 6.07) is 1.00. The van der Waals surface area contributed by atoms with Gasteiger partial charge in [-0.3, -0.25) is 0 Å². The summed E-state index contributed by atoms with van der Waals surface area (Å²) in [5, 5.41) is 0.00653. The quantitative estimate of drug-likeness (QED) is 0.504. The summed E-state index contributed by atoms with van der Waals surface area (Å²) >= 11 is 4.05. The van der Waals surface area contributed by atoms with Crippen LogP contribution in [-0.2, 0) is 4.74 Å². The molecule has 0 amide bonds. The van der Waals surface area contributed by atoms with Gasteiger partial charge < -0.3 is 4.74 Å². The number of carbonyl (C=O) groups is 1. The van der Waals surface area contributed by atoms with E-state index in [9.17, 15) is 13.6 Å². The predicted molar refractivity (Wildman–Crippen MR) is 85.9 cm³/mol. The Hall–Kier alpha value is -1.08. The number of benzene rings is 1. The number of hydrogen-bond donors (Lipinski definition) is 0. The Labute approximate surface area is 135 Å². The van der Waals surface area contributed by atoms with E-state index < -0.39 is 17.6 Å². The Morgan fingerprint density at radius 2 is 1.90 bits per heavy atom. The van der Waals surface area contributed by atoms with Crippen molar-refractivity contribution < 1.29 is 18.3 Å². The summed E-state index contributed by atoms with van der Waals surface area (Å²) in [5.41, 5.74) is -0.162. The lowest BCUT2D eigenvalue weighted by Gasteiger charge is -1.95. The van der Waals surface area contributed by atoms with Gasteiger partial charge in [-0.25, -0.2) is 18.6 Å². The van der Waals surface area contributed by atoms with E-state index in [0.29, 0.717) is 9.17 Å². The van der Waals surface area contributed by atoms with E-state index in [0.717, 1.165) is 17.4 Å². The van der Waals surface area contributed by atoms with E-state index >= 15 is 0 Å². The number of ether oxygens (including phenoxy) is 1. The molecule has 0 unspecified atom stereocenters. The molecule has 1 heterocycles. The molecule has 2 rings (SSSR count). The molecular formula is C14H18BrF2NO2S. The lowest BCUT2D eigenvalue weighted by Crippen LogP contribution is -2.03. The maximum atomic E-state index is 13.4. The third-order valence-electron chi connectivity index (χ3n) is 1.97. The van der Waals surface area contributed by atoms with Crippen LogP contribution >= 0.6 is 27.3 Å². The highest BCUT2D eigenvalue weighted by Gasteiger charge is 2.19. The van der Waals surface area contributed by atoms with Crippen LogP contribution in [0, 0.1) is 11.6 Å². The lowest BCUT2D eigenvalue weighted by atomic mass is 10.3. The molecule has 1 aromatic heterocycles. The average molecular weight is 382 g/mol. The predicted octanol–water partition coefficient (Wildman–Crippen LogP) is 5.57. The summed E-state index contributed by atoms with van der Waals surface area (Å²) < 4.78 is 32.0. The molecule has 1 aromatic carbocycles. The fraction of sp³-hybridized carbons (Fsp3) is 0.429. The van der Waals surface area contributed by atoms with Gasteiger partial charge in [-0.05, 0) is 28.9 Å². The number of esters is 1. The van der Waals surface area contributed by atoms with Gasteiger partial charge in [0.15, 0.2) is 11.6 Å². The molecule has 0 radical (unpaired) electrons. The number of fused-ring (bicyclic) bond motifs is 1. The molecule has 0 aliphatic carbocycles. The van der Waals surface area contributed by atoms with Crippen LogP contribution in [-0.4, -0.2) is 17.6 Å². The van der Waals surface area contributed by atoms with Crippen LogP contribution < -0.4 is 0 Å². The first-order valence-electron chi connectivity index (χ1n) is 6.65. The molecule has 3 nitrogen and oxygen atoms in total. The first-order valence-corrected chi connectivity index (χ1v) is 8.26. The van der Waals surface area contributed by atoms with Crippen molar-refractivity contribution in [3.63, 3.8) is 0 Å². The first kappa shape index (κ1) is 19.9. The standard InChI is InChI=1S/C10H6BrF2NO2S.2C2H6/c1-2-16-10(15)9-14-7-6(13)5(12)3-4(11)8(7)17-9;2*1-2/h3H,2H2,1H3;2*1-2H3. The van der Waals surface area contributed by atoms with Crippen LogP contribution in [0.1, 0.15) is 44.4 Å². The summed E-state index contributed by atoms with van der Waals surface area (Å²) in [4.78, 5) is 15.2. The zero-order valence-electron chi connectivity index (χ0n) is 12.6. The Bertz CT molecular complexity index is 602. The van der Waals surface area contributed by atoms with Crippen molar-refractivity contribution in [1.29, 1.82) is 0 Å². The number of thiazole rings is 1. The zero-order valence-corrected chi connectivity index (χ0v) is 15.0. The number of aromatic nitrogens is 1. The summed E-state index contributed by atoms with van der Waals surface area (Å²) in [5.74, 6) is -2.71. The van der Waals surface area contributed by atoms with Gasteiger partial charge in [0.05, 0.1) is 11.3 Å². The van der Waals surface area contributed by atoms with Gasteiger partial charge >= 0.3 is 5.97 Å². The Kier molecular flexibility index (Phi) is 9.28. The maximum Gasteiger partial charge on any atom is 0.367 e. The average Bonchev–Trinajstić information content (AvgIpc) is 2.95. The van der Waals surface area contributed by atoms with Crippen molar-refractivity contribution >= 4 is 43.5 Å². The SMILES string of the molecule is CC.CC.CCOC(=O)c1nc2c(F)c(F)cc(Br)c2s1. The second kappa shape index (κ2) is 9.78. The molecule has 21 heavy (non-hydrogen) atoms. The van der Waals surface area contributed by atoms with Crippen molar-refractivity contribution in [3.05, 3.63) is 27.2 Å². The second-order valence-corrected chi connectivity index (χ2v) is 4.92. The van der Waals surface area contributed by atoms with Crippen molar-refractivity contribution in [2.75, 3.05) is 6.61 Å². The van der Waals surface area contributed by atoms with Crippen LogP contribution in [0.5, 0.6) is 0 Å². The minimum Gasteiger partial charge on any atom is -0.461 e. The molecule has 7 heteroatoms. The largest absolute Gasteiger partial charge is 0.461 e. The van der Waals surface area contributed by atoms with Gasteiger partial charge in [-0.2, -0.15) is 0 Å². The van der Waals surface area contributed by atoms with E-state index in [1.807, 2.05) is 27.7 Å². The molecule has 0 N–H and O–H groups in total. The number of halogens is 3. The Balaban J connectivity index is 0.000000921. The van der Waals surface area contributed by atoms with Crippen molar-refractivity contribution in [2.45, 2.75) is 34.6 Å². The zero-order chi connectivity index (χ0) is 16.6. The van der Waals surface area contributed by atoms with Crippen LogP contribution in [0.3, 0.4) is 0 Å². The van der Waals surface area contributed by atoms with E-state index in [1.54, 1.807) is 6.92 Å². The van der Waals surface area contributed by atoms with Gasteiger partial charge in [0.25, 0.3) is 0 Å². The Morgan fingerprint density at radius 3 is 2.43 bits per heavy atom. The van der Waals surface area contributed by atoms with Gasteiger partial charge in [0.1, 0.15) is 5.52 Å². The molecule has 2 aromatic rings. The molecule has 0 saturated carbocycles. The fourth-order valence-corrected chi connectivity index (χ4v) is 2.76. The van der Waals surface area contributed by atoms with Gasteiger partial charge in [-0.1, -0.05) is 27.7 Å². The topological polar surface area (TPSA) is 39.2 Å². The van der Waals surface area contributed by atoms with Crippen LogP contribution in [0.15, 0.2) is 10.5 Å². The fourth-order valence-electron chi connectivity index (χ4n) is 1.26. The summed E-state index contributed by atoms with van der Waals surface area (Å²) in [6.07, 6.45) is 0. The minimum atomic E-state index is -1.06. The van der Waals surface area contributed by atoms with Crippen molar-refractivity contribution in [1.82, 2.24) is 4.98 Å². The normalized spacial score (nSPS) is 9.33. The third kappa shape index (κ3) is 4.71. The number of hydrogen-bond acceptors (Lipinski definition) is 4. The maximum absolute atomic E-state index is 13.4. The van der Waals surface area contributed by atoms with Crippen molar-refractivity contribution in [2.24, 2.45) is 0 Å². The van der Waals surface area contributed by atoms with Crippen LogP contribution in [0.2, 0.25) is 0 Å². The minimum absolute atomic E-state index is 0.00653. The van der Waals surface area contributed by atoms with Gasteiger partial charge in [0, 0.05) is 4.47 Å². The molecule has 0 aliphatic rings. The van der Waals surface area contributed by atoms with E-state index in [1.165, 1.54) is 0 Å². The third-order valence-corrected chi connectivity index (χ3v) is 3.92. The smallest absolute Gasteiger partial charge is 0.367 e. The highest BCUT2D eigenvalue weighted by molar-refractivity contribution is 9.10. The number of carbonyl (C=O) groups excluding carboxylic acids is 1. The highest BCUT2D eigenvalue weighted by Crippen LogP contribution is 2.33. The van der Waals surface area contributed by atoms with E-state index in [2.05, 4.69) is 20.9 Å². The number of nitrogens with zero attached hydrogens (tertiary/aromatic N) is 1. The molecule has 0 bridgehead atoms. The molecule has 0 aliphatic heterocycles. The lowest BCUT2D eigenvalue weighted by molar-refractivity contribution is 0.0526. The summed E-state index contributed by atoms with van der Waals surface area (Å²) in [7, 11) is 0. The summed E-state index contributed by atoms with van der Waals surface area (Å²) in [6.45, 7) is 9.86. The van der Waals surface area contributed by atoms with Gasteiger partial charge in [0.2, 0.25) is 5.01 Å². The van der Waals surface area contributed by atoms with E-state index in [4.69, 9.17) is 4.74 Å².